The minimum atomic E-state index is -0.182. The highest BCUT2D eigenvalue weighted by atomic mass is 35.5. The Morgan fingerprint density at radius 2 is 1.68 bits per heavy atom. The van der Waals surface area contributed by atoms with Crippen LogP contribution in [0.4, 0.5) is 0 Å². The van der Waals surface area contributed by atoms with Gasteiger partial charge in [-0.3, -0.25) is 4.79 Å². The molecule has 0 aromatic heterocycles. The fourth-order valence-corrected chi connectivity index (χ4v) is 2.06. The average molecular weight is 320 g/mol. The monoisotopic (exact) mass is 319 g/mol. The highest BCUT2D eigenvalue weighted by molar-refractivity contribution is 6.30. The number of nitrogens with one attached hydrogen (secondary N) is 1. The van der Waals surface area contributed by atoms with Crippen LogP contribution < -0.4 is 14.8 Å². The van der Waals surface area contributed by atoms with E-state index in [4.69, 9.17) is 21.1 Å². The summed E-state index contributed by atoms with van der Waals surface area (Å²) in [4.78, 5) is 11.9. The van der Waals surface area contributed by atoms with Crippen LogP contribution >= 0.6 is 11.6 Å². The number of benzene rings is 2. The summed E-state index contributed by atoms with van der Waals surface area (Å²) in [7, 11) is 1.60. The largest absolute Gasteiger partial charge is 0.497 e. The Bertz CT molecular complexity index is 611. The molecule has 2 aromatic carbocycles. The van der Waals surface area contributed by atoms with Gasteiger partial charge in [0.05, 0.1) is 13.2 Å². The van der Waals surface area contributed by atoms with Crippen molar-refractivity contribution in [1.29, 1.82) is 0 Å². The zero-order chi connectivity index (χ0) is 15.9. The van der Waals surface area contributed by atoms with Gasteiger partial charge in [-0.15, -0.1) is 0 Å². The van der Waals surface area contributed by atoms with E-state index in [-0.39, 0.29) is 18.6 Å². The molecule has 2 aromatic rings. The van der Waals surface area contributed by atoms with Gasteiger partial charge in [-0.2, -0.15) is 0 Å². The summed E-state index contributed by atoms with van der Waals surface area (Å²) in [6.07, 6.45) is 0. The predicted octanol–water partition coefficient (Wildman–Crippen LogP) is 3.60. The molecular formula is C17H18ClNO3. The standard InChI is InChI=1S/C17H18ClNO3/c1-12(13-3-5-14(18)6-4-13)19-17(20)11-22-16-9-7-15(21-2)8-10-16/h3-10,12H,11H2,1-2H3,(H,19,20)/t12-/m0/s1. The summed E-state index contributed by atoms with van der Waals surface area (Å²) in [6, 6.07) is 14.3. The van der Waals surface area contributed by atoms with E-state index in [1.807, 2.05) is 19.1 Å². The topological polar surface area (TPSA) is 47.6 Å². The summed E-state index contributed by atoms with van der Waals surface area (Å²) >= 11 is 5.84. The third kappa shape index (κ3) is 4.67. The van der Waals surface area contributed by atoms with Crippen LogP contribution in [0.25, 0.3) is 0 Å². The van der Waals surface area contributed by atoms with Gasteiger partial charge in [0.15, 0.2) is 6.61 Å². The third-order valence-electron chi connectivity index (χ3n) is 3.18. The number of hydrogen-bond donors (Lipinski definition) is 1. The number of rotatable bonds is 6. The molecule has 0 fully saturated rings. The number of hydrogen-bond acceptors (Lipinski definition) is 3. The van der Waals surface area contributed by atoms with Gasteiger partial charge in [0.2, 0.25) is 0 Å². The molecule has 1 amide bonds. The number of carbonyl (C=O) groups is 1. The highest BCUT2D eigenvalue weighted by Crippen LogP contribution is 2.18. The second-order valence-electron chi connectivity index (χ2n) is 4.80. The van der Waals surface area contributed by atoms with Crippen molar-refractivity contribution in [2.75, 3.05) is 13.7 Å². The third-order valence-corrected chi connectivity index (χ3v) is 3.43. The van der Waals surface area contributed by atoms with Crippen LogP contribution in [0.1, 0.15) is 18.5 Å². The Morgan fingerprint density at radius 3 is 2.27 bits per heavy atom. The number of amides is 1. The van der Waals surface area contributed by atoms with Crippen LogP contribution in [-0.4, -0.2) is 19.6 Å². The Hall–Kier alpha value is -2.20. The van der Waals surface area contributed by atoms with Crippen LogP contribution in [-0.2, 0) is 4.79 Å². The SMILES string of the molecule is COc1ccc(OCC(=O)N[C@@H](C)c2ccc(Cl)cc2)cc1. The molecule has 0 aliphatic rings. The van der Waals surface area contributed by atoms with E-state index in [0.29, 0.717) is 10.8 Å². The Labute approximate surface area is 135 Å². The highest BCUT2D eigenvalue weighted by Gasteiger charge is 2.10. The first kappa shape index (κ1) is 16.2. The minimum absolute atomic E-state index is 0.0374. The predicted molar refractivity (Wildman–Crippen MR) is 86.5 cm³/mol. The molecule has 0 spiro atoms. The van der Waals surface area contributed by atoms with E-state index < -0.39 is 0 Å². The van der Waals surface area contributed by atoms with Gasteiger partial charge in [0, 0.05) is 5.02 Å². The second-order valence-corrected chi connectivity index (χ2v) is 5.24. The van der Waals surface area contributed by atoms with Crippen molar-refractivity contribution in [2.45, 2.75) is 13.0 Å². The molecule has 5 heteroatoms. The van der Waals surface area contributed by atoms with Crippen molar-refractivity contribution in [2.24, 2.45) is 0 Å². The number of carbonyl (C=O) groups excluding carboxylic acids is 1. The molecule has 0 unspecified atom stereocenters. The van der Waals surface area contributed by atoms with Gasteiger partial charge in [-0.1, -0.05) is 23.7 Å². The van der Waals surface area contributed by atoms with Crippen molar-refractivity contribution in [3.8, 4) is 11.5 Å². The van der Waals surface area contributed by atoms with Crippen molar-refractivity contribution in [1.82, 2.24) is 5.32 Å². The second kappa shape index (κ2) is 7.71. The average Bonchev–Trinajstić information content (AvgIpc) is 2.54. The molecule has 4 nitrogen and oxygen atoms in total. The maximum Gasteiger partial charge on any atom is 0.258 e. The zero-order valence-electron chi connectivity index (χ0n) is 12.5. The fourth-order valence-electron chi connectivity index (χ4n) is 1.94. The molecule has 116 valence electrons. The van der Waals surface area contributed by atoms with E-state index in [1.54, 1.807) is 43.5 Å². The van der Waals surface area contributed by atoms with E-state index in [0.717, 1.165) is 11.3 Å². The van der Waals surface area contributed by atoms with Crippen molar-refractivity contribution < 1.29 is 14.3 Å². The smallest absolute Gasteiger partial charge is 0.258 e. The summed E-state index contributed by atoms with van der Waals surface area (Å²) in [5.41, 5.74) is 0.988. The molecule has 0 saturated carbocycles. The van der Waals surface area contributed by atoms with E-state index in [9.17, 15) is 4.79 Å². The molecule has 2 rings (SSSR count). The van der Waals surface area contributed by atoms with Crippen LogP contribution in [0.2, 0.25) is 5.02 Å². The quantitative estimate of drug-likeness (QED) is 0.885. The lowest BCUT2D eigenvalue weighted by Crippen LogP contribution is -2.31. The molecule has 22 heavy (non-hydrogen) atoms. The van der Waals surface area contributed by atoms with E-state index in [2.05, 4.69) is 5.32 Å². The van der Waals surface area contributed by atoms with Crippen molar-refractivity contribution in [3.63, 3.8) is 0 Å². The lowest BCUT2D eigenvalue weighted by Gasteiger charge is -2.15. The molecule has 0 saturated heterocycles. The molecule has 0 aliphatic heterocycles. The zero-order valence-corrected chi connectivity index (χ0v) is 13.3. The molecule has 0 aliphatic carbocycles. The van der Waals surface area contributed by atoms with Gasteiger partial charge >= 0.3 is 0 Å². The number of methoxy groups -OCH3 is 1. The lowest BCUT2D eigenvalue weighted by atomic mass is 10.1. The van der Waals surface area contributed by atoms with Gasteiger partial charge in [0.1, 0.15) is 11.5 Å². The van der Waals surface area contributed by atoms with Crippen molar-refractivity contribution in [3.05, 3.63) is 59.1 Å². The fraction of sp³-hybridized carbons (Fsp3) is 0.235. The maximum absolute atomic E-state index is 11.9. The van der Waals surface area contributed by atoms with Crippen LogP contribution in [0, 0.1) is 0 Å². The summed E-state index contributed by atoms with van der Waals surface area (Å²) in [5, 5.41) is 3.55. The lowest BCUT2D eigenvalue weighted by molar-refractivity contribution is -0.123. The van der Waals surface area contributed by atoms with Gasteiger partial charge in [0.25, 0.3) is 5.91 Å². The number of ether oxygens (including phenoxy) is 2. The van der Waals surface area contributed by atoms with Crippen molar-refractivity contribution >= 4 is 17.5 Å². The Balaban J connectivity index is 1.83. The first-order chi connectivity index (χ1) is 10.6. The Morgan fingerprint density at radius 1 is 1.09 bits per heavy atom. The molecule has 0 bridgehead atoms. The molecule has 1 N–H and O–H groups in total. The maximum atomic E-state index is 11.9. The first-order valence-corrected chi connectivity index (χ1v) is 7.28. The van der Waals surface area contributed by atoms with Gasteiger partial charge in [-0.05, 0) is 48.9 Å². The molecule has 0 heterocycles. The minimum Gasteiger partial charge on any atom is -0.497 e. The van der Waals surface area contributed by atoms with Gasteiger partial charge < -0.3 is 14.8 Å². The summed E-state index contributed by atoms with van der Waals surface area (Å²) in [5.74, 6) is 1.18. The first-order valence-electron chi connectivity index (χ1n) is 6.90. The van der Waals surface area contributed by atoms with Gasteiger partial charge in [-0.25, -0.2) is 0 Å². The summed E-state index contributed by atoms with van der Waals surface area (Å²) in [6.45, 7) is 1.87. The number of halogens is 1. The van der Waals surface area contributed by atoms with E-state index in [1.165, 1.54) is 0 Å². The van der Waals surface area contributed by atoms with E-state index >= 15 is 0 Å². The van der Waals surface area contributed by atoms with Crippen LogP contribution in [0.5, 0.6) is 11.5 Å². The summed E-state index contributed by atoms with van der Waals surface area (Å²) < 4.78 is 10.5. The van der Waals surface area contributed by atoms with Crippen LogP contribution in [0.3, 0.4) is 0 Å². The van der Waals surface area contributed by atoms with Crippen LogP contribution in [0.15, 0.2) is 48.5 Å². The molecule has 1 atom stereocenters. The Kier molecular flexibility index (Phi) is 5.67. The normalized spacial score (nSPS) is 11.6. The molecule has 0 radical (unpaired) electrons. The molecular weight excluding hydrogens is 302 g/mol.